The predicted octanol–water partition coefficient (Wildman–Crippen LogP) is 13.7. The molecule has 4 heteroatoms. The van der Waals surface area contributed by atoms with Gasteiger partial charge >= 0.3 is 0 Å². The number of rotatable bonds is 41. The minimum Gasteiger partial charge on any atom is -0.394 e. The summed E-state index contributed by atoms with van der Waals surface area (Å²) < 4.78 is 0. The lowest BCUT2D eigenvalue weighted by atomic mass is 10.0. The number of aliphatic hydroxyl groups excluding tert-OH is 2. The fourth-order valence-electron chi connectivity index (χ4n) is 7.19. The maximum atomic E-state index is 12.2. The molecule has 0 aliphatic heterocycles. The van der Waals surface area contributed by atoms with Crippen LogP contribution in [0.1, 0.15) is 258 Å². The predicted molar refractivity (Wildman–Crippen MR) is 212 cm³/mol. The normalized spacial score (nSPS) is 12.8. The Bertz CT molecular complexity index is 612. The fraction of sp³-hybridized carbons (Fsp3) is 0.977. The van der Waals surface area contributed by atoms with Gasteiger partial charge in [0, 0.05) is 6.42 Å². The van der Waals surface area contributed by atoms with E-state index in [9.17, 15) is 15.0 Å². The van der Waals surface area contributed by atoms with Gasteiger partial charge in [-0.3, -0.25) is 4.79 Å². The largest absolute Gasteiger partial charge is 0.394 e. The second kappa shape index (κ2) is 40.8. The zero-order valence-electron chi connectivity index (χ0n) is 33.0. The zero-order chi connectivity index (χ0) is 35.0. The number of amides is 1. The Balaban J connectivity index is 3.25. The first-order valence-corrected chi connectivity index (χ1v) is 22.2. The summed E-state index contributed by atoms with van der Waals surface area (Å²) in [7, 11) is 0. The quantitative estimate of drug-likeness (QED) is 0.0563. The average molecular weight is 680 g/mol. The van der Waals surface area contributed by atoms with E-state index in [1.165, 1.54) is 199 Å². The smallest absolute Gasteiger partial charge is 0.220 e. The molecule has 1 amide bonds. The summed E-state index contributed by atoms with van der Waals surface area (Å²) in [6.45, 7) is 4.27. The molecule has 2 atom stereocenters. The van der Waals surface area contributed by atoms with Crippen molar-refractivity contribution in [1.29, 1.82) is 0 Å². The van der Waals surface area contributed by atoms with Gasteiger partial charge in [-0.15, -0.1) is 0 Å². The number of hydrogen-bond donors (Lipinski definition) is 3. The molecule has 0 aromatic rings. The standard InChI is InChI=1S/C44H89NO3/c1-3-5-7-9-10-11-12-13-14-15-16-17-18-19-20-21-22-23-24-25-26-27-28-29-30-31-32-33-34-35-36-38-40-44(48)45-42(41-46)43(47)39-37-8-6-4-2/h42-43,46-47H,3-41H2,1-2H3,(H,45,48). The molecule has 48 heavy (non-hydrogen) atoms. The van der Waals surface area contributed by atoms with Crippen LogP contribution in [-0.2, 0) is 4.79 Å². The van der Waals surface area contributed by atoms with Gasteiger partial charge in [0.1, 0.15) is 0 Å². The van der Waals surface area contributed by atoms with E-state index in [4.69, 9.17) is 0 Å². The second-order valence-electron chi connectivity index (χ2n) is 15.5. The lowest BCUT2D eigenvalue weighted by Crippen LogP contribution is -2.45. The molecule has 288 valence electrons. The Morgan fingerprint density at radius 2 is 0.667 bits per heavy atom. The summed E-state index contributed by atoms with van der Waals surface area (Å²) in [6.07, 6.45) is 49.7. The molecule has 4 nitrogen and oxygen atoms in total. The van der Waals surface area contributed by atoms with Gasteiger partial charge in [-0.2, -0.15) is 0 Å². The molecule has 0 fully saturated rings. The monoisotopic (exact) mass is 680 g/mol. The highest BCUT2D eigenvalue weighted by molar-refractivity contribution is 5.76. The minimum absolute atomic E-state index is 0.0350. The summed E-state index contributed by atoms with van der Waals surface area (Å²) in [6, 6.07) is -0.526. The van der Waals surface area contributed by atoms with Crippen LogP contribution in [0.25, 0.3) is 0 Å². The summed E-state index contributed by atoms with van der Waals surface area (Å²) in [5.41, 5.74) is 0. The van der Waals surface area contributed by atoms with Crippen molar-refractivity contribution >= 4 is 5.91 Å². The second-order valence-corrected chi connectivity index (χ2v) is 15.5. The molecule has 0 saturated carbocycles. The van der Waals surface area contributed by atoms with Crippen molar-refractivity contribution in [1.82, 2.24) is 5.32 Å². The van der Waals surface area contributed by atoms with Crippen LogP contribution in [0.5, 0.6) is 0 Å². The lowest BCUT2D eigenvalue weighted by Gasteiger charge is -2.22. The number of carbonyl (C=O) groups is 1. The van der Waals surface area contributed by atoms with Crippen molar-refractivity contribution in [3.8, 4) is 0 Å². The van der Waals surface area contributed by atoms with Gasteiger partial charge in [0.05, 0.1) is 18.8 Å². The van der Waals surface area contributed by atoms with Crippen molar-refractivity contribution in [2.45, 2.75) is 270 Å². The summed E-state index contributed by atoms with van der Waals surface area (Å²) >= 11 is 0. The van der Waals surface area contributed by atoms with Gasteiger partial charge < -0.3 is 15.5 Å². The van der Waals surface area contributed by atoms with Crippen LogP contribution in [0, 0.1) is 0 Å². The topological polar surface area (TPSA) is 69.6 Å². The number of hydrogen-bond acceptors (Lipinski definition) is 3. The van der Waals surface area contributed by atoms with E-state index in [1.807, 2.05) is 0 Å². The van der Waals surface area contributed by atoms with Crippen LogP contribution in [0.4, 0.5) is 0 Å². The number of nitrogens with one attached hydrogen (secondary N) is 1. The fourth-order valence-corrected chi connectivity index (χ4v) is 7.19. The highest BCUT2D eigenvalue weighted by Gasteiger charge is 2.19. The molecule has 0 aliphatic rings. The number of aliphatic hydroxyl groups is 2. The molecule has 0 aromatic heterocycles. The molecule has 0 radical (unpaired) electrons. The van der Waals surface area contributed by atoms with E-state index >= 15 is 0 Å². The summed E-state index contributed by atoms with van der Waals surface area (Å²) in [4.78, 5) is 12.2. The zero-order valence-corrected chi connectivity index (χ0v) is 33.0. The number of unbranched alkanes of at least 4 members (excludes halogenated alkanes) is 34. The van der Waals surface area contributed by atoms with Gasteiger partial charge in [0.25, 0.3) is 0 Å². The van der Waals surface area contributed by atoms with Crippen LogP contribution >= 0.6 is 0 Å². The highest BCUT2D eigenvalue weighted by Crippen LogP contribution is 2.17. The van der Waals surface area contributed by atoms with E-state index in [-0.39, 0.29) is 12.5 Å². The molecular weight excluding hydrogens is 590 g/mol. The Labute approximate surface area is 302 Å². The van der Waals surface area contributed by atoms with Crippen LogP contribution in [0.15, 0.2) is 0 Å². The van der Waals surface area contributed by atoms with E-state index in [0.717, 1.165) is 32.1 Å². The SMILES string of the molecule is CCCCCCCCCCCCCCCCCCCCCCCCCCCCCCCCCCC(=O)NC(CO)C(O)CCCCCC. The van der Waals surface area contributed by atoms with Crippen LogP contribution in [0.2, 0.25) is 0 Å². The molecule has 0 aliphatic carbocycles. The van der Waals surface area contributed by atoms with Gasteiger partial charge in [-0.1, -0.05) is 239 Å². The van der Waals surface area contributed by atoms with Crippen molar-refractivity contribution in [3.63, 3.8) is 0 Å². The van der Waals surface area contributed by atoms with E-state index < -0.39 is 12.1 Å². The van der Waals surface area contributed by atoms with Crippen LogP contribution < -0.4 is 5.32 Å². The first-order valence-electron chi connectivity index (χ1n) is 22.2. The first-order chi connectivity index (χ1) is 23.7. The summed E-state index contributed by atoms with van der Waals surface area (Å²) in [5.74, 6) is -0.0350. The van der Waals surface area contributed by atoms with E-state index in [1.54, 1.807) is 0 Å². The molecule has 0 bridgehead atoms. The molecule has 0 heterocycles. The van der Waals surface area contributed by atoms with Crippen LogP contribution in [-0.4, -0.2) is 34.9 Å². The van der Waals surface area contributed by atoms with Crippen molar-refractivity contribution in [2.24, 2.45) is 0 Å². The Morgan fingerprint density at radius 3 is 0.938 bits per heavy atom. The molecule has 0 aromatic carbocycles. The third kappa shape index (κ3) is 36.7. The van der Waals surface area contributed by atoms with Crippen molar-refractivity contribution < 1.29 is 15.0 Å². The Morgan fingerprint density at radius 1 is 0.417 bits per heavy atom. The maximum absolute atomic E-state index is 12.2. The average Bonchev–Trinajstić information content (AvgIpc) is 3.09. The Kier molecular flexibility index (Phi) is 40.3. The van der Waals surface area contributed by atoms with E-state index in [2.05, 4.69) is 19.2 Å². The maximum Gasteiger partial charge on any atom is 0.220 e. The molecular formula is C44H89NO3. The molecule has 0 rings (SSSR count). The third-order valence-electron chi connectivity index (χ3n) is 10.6. The van der Waals surface area contributed by atoms with Gasteiger partial charge in [-0.25, -0.2) is 0 Å². The summed E-state index contributed by atoms with van der Waals surface area (Å²) in [5, 5.41) is 22.7. The highest BCUT2D eigenvalue weighted by atomic mass is 16.3. The molecule has 3 N–H and O–H groups in total. The van der Waals surface area contributed by atoms with Gasteiger partial charge in [0.15, 0.2) is 0 Å². The molecule has 0 spiro atoms. The first kappa shape index (κ1) is 47.4. The van der Waals surface area contributed by atoms with Gasteiger partial charge in [-0.05, 0) is 12.8 Å². The van der Waals surface area contributed by atoms with Crippen molar-refractivity contribution in [3.05, 3.63) is 0 Å². The molecule has 0 saturated heterocycles. The van der Waals surface area contributed by atoms with Crippen LogP contribution in [0.3, 0.4) is 0 Å². The molecule has 2 unspecified atom stereocenters. The van der Waals surface area contributed by atoms with Gasteiger partial charge in [0.2, 0.25) is 5.91 Å². The number of carbonyl (C=O) groups excluding carboxylic acids is 1. The minimum atomic E-state index is -0.649. The lowest BCUT2D eigenvalue weighted by molar-refractivity contribution is -0.123. The van der Waals surface area contributed by atoms with Crippen molar-refractivity contribution in [2.75, 3.05) is 6.61 Å². The van der Waals surface area contributed by atoms with E-state index in [0.29, 0.717) is 12.8 Å². The third-order valence-corrected chi connectivity index (χ3v) is 10.6. The Hall–Kier alpha value is -0.610.